The molecule has 15 aromatic rings. The topological polar surface area (TPSA) is 382 Å². The van der Waals surface area contributed by atoms with Crippen molar-refractivity contribution in [2.75, 3.05) is 49.5 Å². The summed E-state index contributed by atoms with van der Waals surface area (Å²) in [5, 5.41) is 43.2. The van der Waals surface area contributed by atoms with Crippen LogP contribution in [-0.2, 0) is 65.1 Å². The highest BCUT2D eigenvalue weighted by molar-refractivity contribution is 6.09. The number of nitro benzene ring substituents is 1. The summed E-state index contributed by atoms with van der Waals surface area (Å²) >= 11 is 0. The van der Waals surface area contributed by atoms with Gasteiger partial charge in [0.25, 0.3) is 35.2 Å². The van der Waals surface area contributed by atoms with E-state index in [1.54, 1.807) is 48.0 Å². The molecule has 10 aromatic carbocycles. The van der Waals surface area contributed by atoms with Gasteiger partial charge in [-0.2, -0.15) is 65.0 Å². The molecule has 5 amide bonds. The van der Waals surface area contributed by atoms with Gasteiger partial charge in [0.05, 0.1) is 56.0 Å². The Kier molecular flexibility index (Phi) is 32.5. The number of nitrogens with zero attached hydrogens (tertiary/aromatic N) is 11. The van der Waals surface area contributed by atoms with Crippen molar-refractivity contribution < 1.29 is 94.8 Å². The van der Waals surface area contributed by atoms with E-state index >= 15 is 0 Å². The van der Waals surface area contributed by atoms with E-state index in [1.807, 2.05) is 82.6 Å². The largest absolute Gasteiger partial charge is 0.435 e. The number of para-hydroxylation sites is 3. The Morgan fingerprint density at radius 1 is 0.350 bits per heavy atom. The van der Waals surface area contributed by atoms with Gasteiger partial charge in [0.1, 0.15) is 34.6 Å². The van der Waals surface area contributed by atoms with Crippen molar-refractivity contribution in [3.05, 3.63) is 336 Å². The van der Waals surface area contributed by atoms with Gasteiger partial charge >= 0.3 is 18.5 Å². The molecular formula is C98H89F15N20O7. The zero-order chi connectivity index (χ0) is 102. The number of hydrogen-bond donors (Lipinski definition) is 9. The van der Waals surface area contributed by atoms with Crippen LogP contribution < -0.4 is 49.5 Å². The third kappa shape index (κ3) is 24.7. The third-order valence-electron chi connectivity index (χ3n) is 21.4. The highest BCUT2D eigenvalue weighted by Gasteiger charge is 2.38. The standard InChI is InChI=1S/C21H20F2N4O3.C20H19F3N4O.C20H20F2N4O.C19H17F3N4O.C18H13F5N4O/c1-4-14-11-17(26(5-2)25-14)15-8-7-13(10-18(15)27(29)30)21(28)24-16-9-6-12(3)19(22)20(16)23;1-3-27-17(11-18(26-27)20(21,22)23)15-8-7-13(10-16(15)24)19(28)25-14-6-4-5-12(2)9-14;1-3-13-11-18(26(4-2)25-13)14-9-8-12(10-17(14)23)20(27)24-19-15(21)6-5-7-16(19)22;1-11-5-3-4-6-15(11)24-18(27)12-7-8-13(14(23)9-12)16-10-17(19(20,21)22)25-26(16)2;1-27-14(8-15(26-27)18(21,22)23)10-6-5-9(7-13(10)24)17(28)25-16-11(19)3-2-4-12(16)20/h6-11H,4-5H2,1-3H3,(H,24,28);4-11H,3,24H2,1-2H3,(H,25,28);5-11H,3-4,23H2,1-2H3,(H,24,27);3-10H,23H2,1-2H3,(H,24,27);2-8H,24H2,1H3,(H,25,28). The lowest BCUT2D eigenvalue weighted by Crippen LogP contribution is -2.14. The van der Waals surface area contributed by atoms with Crippen molar-refractivity contribution in [1.29, 1.82) is 0 Å². The fraction of sp³-hybridized carbons (Fsp3) is 0.184. The van der Waals surface area contributed by atoms with Gasteiger partial charge in [-0.3, -0.25) is 57.5 Å². The van der Waals surface area contributed by atoms with Crippen molar-refractivity contribution in [3.63, 3.8) is 0 Å². The van der Waals surface area contributed by atoms with E-state index in [-0.39, 0.29) is 91.7 Å². The molecule has 728 valence electrons. The molecule has 0 saturated heterocycles. The number of alkyl halides is 9. The average molecular weight is 1940 g/mol. The molecule has 42 heteroatoms. The van der Waals surface area contributed by atoms with Crippen molar-refractivity contribution in [2.45, 2.75) is 106 Å². The highest BCUT2D eigenvalue weighted by atomic mass is 19.4. The van der Waals surface area contributed by atoms with E-state index in [9.17, 15) is 99.9 Å². The van der Waals surface area contributed by atoms with E-state index in [1.165, 1.54) is 117 Å². The predicted molar refractivity (Wildman–Crippen MR) is 501 cm³/mol. The van der Waals surface area contributed by atoms with E-state index in [2.05, 4.69) is 52.1 Å². The summed E-state index contributed by atoms with van der Waals surface area (Å²) in [5.74, 6) is -8.81. The number of carbonyl (C=O) groups is 5. The Balaban J connectivity index is 0.000000167. The van der Waals surface area contributed by atoms with Crippen molar-refractivity contribution in [2.24, 2.45) is 14.1 Å². The van der Waals surface area contributed by atoms with Crippen molar-refractivity contribution >= 4 is 86.4 Å². The molecule has 0 unspecified atom stereocenters. The lowest BCUT2D eigenvalue weighted by Gasteiger charge is -2.11. The SMILES string of the molecule is CCc1cc(-c2ccc(C(=O)Nc3c(F)cccc3F)cc2N)n(CC)n1.CCc1cc(-c2ccc(C(=O)Nc3ccc(C)c(F)c3F)cc2[N+](=O)[O-])n(CC)n1.CCn1nc(C(F)(F)F)cc1-c1ccc(C(=O)Nc2cccc(C)c2)cc1N.Cc1ccccc1NC(=O)c1ccc(-c2cc(C(F)(F)F)nn2C)c(N)c1.Cn1nc(C(F)(F)F)cc1-c1ccc(C(=O)Nc2c(F)cccc2F)cc1N. The van der Waals surface area contributed by atoms with Gasteiger partial charge < -0.3 is 49.5 Å². The van der Waals surface area contributed by atoms with Crippen LogP contribution in [0, 0.1) is 65.8 Å². The molecule has 0 saturated carbocycles. The predicted octanol–water partition coefficient (Wildman–Crippen LogP) is 22.3. The number of aryl methyl sites for hydroxylation is 10. The molecule has 0 atom stereocenters. The van der Waals surface area contributed by atoms with Crippen LogP contribution >= 0.6 is 0 Å². The Labute approximate surface area is 789 Å². The second-order valence-corrected chi connectivity index (χ2v) is 31.1. The summed E-state index contributed by atoms with van der Waals surface area (Å²) in [6.45, 7) is 16.1. The normalized spacial score (nSPS) is 11.2. The molecule has 0 aliphatic rings. The monoisotopic (exact) mass is 1940 g/mol. The molecular weight excluding hydrogens is 1850 g/mol. The van der Waals surface area contributed by atoms with Crippen LogP contribution in [-0.4, -0.2) is 83.4 Å². The first-order valence-electron chi connectivity index (χ1n) is 42.5. The summed E-state index contributed by atoms with van der Waals surface area (Å²) in [7, 11) is 2.73. The van der Waals surface area contributed by atoms with Crippen LogP contribution in [0.3, 0.4) is 0 Å². The van der Waals surface area contributed by atoms with Crippen LogP contribution in [0.2, 0.25) is 0 Å². The quantitative estimate of drug-likeness (QED) is 0.0140. The number of halogens is 15. The molecule has 0 aliphatic carbocycles. The summed E-state index contributed by atoms with van der Waals surface area (Å²) in [5.41, 5.74) is 29.9. The number of rotatable bonds is 21. The number of nitrogen functional groups attached to an aromatic ring is 4. The van der Waals surface area contributed by atoms with Crippen LogP contribution in [0.1, 0.15) is 132 Å². The highest BCUT2D eigenvalue weighted by Crippen LogP contribution is 2.40. The summed E-state index contributed by atoms with van der Waals surface area (Å²) in [6, 6.07) is 51.7. The number of amides is 5. The minimum atomic E-state index is -4.62. The van der Waals surface area contributed by atoms with Gasteiger partial charge in [-0.25, -0.2) is 26.3 Å². The minimum Gasteiger partial charge on any atom is -0.398 e. The van der Waals surface area contributed by atoms with Gasteiger partial charge in [0, 0.05) is 124 Å². The summed E-state index contributed by atoms with van der Waals surface area (Å²) in [4.78, 5) is 73.1. The average Bonchev–Trinajstić information content (AvgIpc) is 1.68. The van der Waals surface area contributed by atoms with Gasteiger partial charge in [-0.15, -0.1) is 0 Å². The fourth-order valence-electron chi connectivity index (χ4n) is 14.1. The fourth-order valence-corrected chi connectivity index (χ4v) is 14.1. The first kappa shape index (κ1) is 104. The number of nitro groups is 1. The molecule has 5 heterocycles. The maximum absolute atomic E-state index is 14.0. The number of aromatic nitrogens is 10. The molecule has 0 spiro atoms. The number of benzene rings is 10. The first-order valence-corrected chi connectivity index (χ1v) is 42.5. The van der Waals surface area contributed by atoms with Crippen LogP contribution in [0.25, 0.3) is 56.3 Å². The third-order valence-corrected chi connectivity index (χ3v) is 21.4. The van der Waals surface area contributed by atoms with Crippen LogP contribution in [0.4, 0.5) is 123 Å². The molecule has 0 radical (unpaired) electrons. The van der Waals surface area contributed by atoms with E-state index in [0.717, 1.165) is 104 Å². The maximum atomic E-state index is 14.0. The van der Waals surface area contributed by atoms with Gasteiger partial charge in [0.2, 0.25) is 0 Å². The van der Waals surface area contributed by atoms with E-state index in [0.29, 0.717) is 70.1 Å². The molecule has 140 heavy (non-hydrogen) atoms. The second kappa shape index (κ2) is 43.9. The molecule has 0 aliphatic heterocycles. The zero-order valence-corrected chi connectivity index (χ0v) is 76.1. The zero-order valence-electron chi connectivity index (χ0n) is 76.1. The Bertz CT molecular complexity index is 7140. The second-order valence-electron chi connectivity index (χ2n) is 31.1. The number of nitrogens with two attached hydrogens (primary N) is 4. The minimum absolute atomic E-state index is 0.00150. The number of anilines is 9. The molecule has 27 nitrogen and oxygen atoms in total. The molecule has 15 rings (SSSR count). The summed E-state index contributed by atoms with van der Waals surface area (Å²) < 4.78 is 205. The number of hydrogen-bond acceptors (Lipinski definition) is 16. The maximum Gasteiger partial charge on any atom is 0.435 e. The number of nitrogens with one attached hydrogen (secondary N) is 5. The van der Waals surface area contributed by atoms with Crippen molar-refractivity contribution in [1.82, 2.24) is 48.9 Å². The molecule has 0 fully saturated rings. The smallest absolute Gasteiger partial charge is 0.398 e. The first-order chi connectivity index (χ1) is 66.1. The lowest BCUT2D eigenvalue weighted by atomic mass is 10.0. The Morgan fingerprint density at radius 2 is 0.693 bits per heavy atom. The lowest BCUT2D eigenvalue weighted by molar-refractivity contribution is -0.384. The van der Waals surface area contributed by atoms with Gasteiger partial charge in [-0.1, -0.05) is 62.4 Å². The van der Waals surface area contributed by atoms with Gasteiger partial charge in [0.15, 0.2) is 28.7 Å². The van der Waals surface area contributed by atoms with Crippen LogP contribution in [0.5, 0.6) is 0 Å². The van der Waals surface area contributed by atoms with Crippen molar-refractivity contribution in [3.8, 4) is 56.3 Å². The van der Waals surface area contributed by atoms with E-state index in [4.69, 9.17) is 22.9 Å². The van der Waals surface area contributed by atoms with Gasteiger partial charge in [-0.05, 0) is 235 Å². The Hall–Kier alpha value is -16.9. The molecule has 0 bridgehead atoms. The van der Waals surface area contributed by atoms with E-state index < -0.39 is 105 Å². The Morgan fingerprint density at radius 3 is 1.07 bits per heavy atom. The summed E-state index contributed by atoms with van der Waals surface area (Å²) in [6.07, 6.45) is -12.2. The molecule has 5 aromatic heterocycles. The van der Waals surface area contributed by atoms with Crippen LogP contribution in [0.15, 0.2) is 218 Å². The molecule has 13 N–H and O–H groups in total. The number of carbonyl (C=O) groups excluding carboxylic acids is 5.